The summed E-state index contributed by atoms with van der Waals surface area (Å²) >= 11 is 1.96. The third-order valence-electron chi connectivity index (χ3n) is 5.54. The van der Waals surface area contributed by atoms with Gasteiger partial charge < -0.3 is 15.5 Å². The molecule has 0 atom stereocenters. The first-order chi connectivity index (χ1) is 13.1. The van der Waals surface area contributed by atoms with Gasteiger partial charge in [-0.1, -0.05) is 26.7 Å². The van der Waals surface area contributed by atoms with Gasteiger partial charge in [0.25, 0.3) is 0 Å². The summed E-state index contributed by atoms with van der Waals surface area (Å²) in [5.74, 6) is 4.57. The molecule has 0 aromatic heterocycles. The Bertz CT molecular complexity index is 455. The Kier molecular flexibility index (Phi) is 10.4. The van der Waals surface area contributed by atoms with Crippen molar-refractivity contribution in [2.75, 3.05) is 37.7 Å². The highest BCUT2D eigenvalue weighted by molar-refractivity contribution is 7.99. The summed E-state index contributed by atoms with van der Waals surface area (Å²) in [5.41, 5.74) is 0. The molecule has 0 aromatic rings. The van der Waals surface area contributed by atoms with Crippen molar-refractivity contribution < 1.29 is 4.79 Å². The molecule has 156 valence electrons. The number of nitrogens with one attached hydrogen (secondary N) is 2. The van der Waals surface area contributed by atoms with E-state index in [1.54, 1.807) is 0 Å². The Morgan fingerprint density at radius 3 is 2.48 bits per heavy atom. The number of amides is 1. The molecule has 1 saturated heterocycles. The van der Waals surface area contributed by atoms with Gasteiger partial charge in [-0.25, -0.2) is 0 Å². The van der Waals surface area contributed by atoms with Gasteiger partial charge in [0.15, 0.2) is 5.96 Å². The predicted molar refractivity (Wildman–Crippen MR) is 117 cm³/mol. The minimum atomic E-state index is 0.238. The average Bonchev–Trinajstić information content (AvgIpc) is 2.68. The van der Waals surface area contributed by atoms with Gasteiger partial charge in [-0.05, 0) is 44.9 Å². The number of carbonyl (C=O) groups is 1. The van der Waals surface area contributed by atoms with Crippen LogP contribution in [0.25, 0.3) is 0 Å². The number of carbonyl (C=O) groups excluding carboxylic acids is 1. The van der Waals surface area contributed by atoms with Crippen LogP contribution in [0.1, 0.15) is 65.7 Å². The molecule has 1 heterocycles. The van der Waals surface area contributed by atoms with Crippen molar-refractivity contribution in [2.45, 2.75) is 71.8 Å². The highest BCUT2D eigenvalue weighted by atomic mass is 32.2. The van der Waals surface area contributed by atoms with Crippen molar-refractivity contribution in [1.29, 1.82) is 0 Å². The van der Waals surface area contributed by atoms with Crippen molar-refractivity contribution in [3.05, 3.63) is 0 Å². The average molecular weight is 397 g/mol. The highest BCUT2D eigenvalue weighted by Gasteiger charge is 2.30. The first-order valence-corrected chi connectivity index (χ1v) is 12.2. The minimum Gasteiger partial charge on any atom is -0.357 e. The van der Waals surface area contributed by atoms with Crippen LogP contribution in [0.2, 0.25) is 0 Å². The van der Waals surface area contributed by atoms with Crippen molar-refractivity contribution in [1.82, 2.24) is 15.5 Å². The quantitative estimate of drug-likeness (QED) is 0.374. The van der Waals surface area contributed by atoms with Crippen LogP contribution >= 0.6 is 11.8 Å². The first-order valence-electron chi connectivity index (χ1n) is 11.0. The van der Waals surface area contributed by atoms with E-state index in [0.29, 0.717) is 11.9 Å². The zero-order chi connectivity index (χ0) is 19.5. The zero-order valence-electron chi connectivity index (χ0n) is 17.6. The standard InChI is InChI=1S/C21H40N4OS/c1-4-22-21(23-12-6-5-7-17(2)3)24-19-10-8-18(9-11-19)20(26)25-13-15-27-16-14-25/h17-19H,4-16H2,1-3H3,(H2,22,23,24). The molecular formula is C21H40N4OS. The van der Waals surface area contributed by atoms with Gasteiger partial charge in [0.1, 0.15) is 0 Å². The van der Waals surface area contributed by atoms with Gasteiger partial charge in [0.2, 0.25) is 5.91 Å². The predicted octanol–water partition coefficient (Wildman–Crippen LogP) is 3.50. The normalized spacial score (nSPS) is 24.1. The summed E-state index contributed by atoms with van der Waals surface area (Å²) in [5, 5.41) is 6.98. The van der Waals surface area contributed by atoms with Gasteiger partial charge in [-0.2, -0.15) is 11.8 Å². The number of aliphatic imine (C=N–C) groups is 1. The molecule has 1 amide bonds. The molecule has 2 aliphatic rings. The number of hydrogen-bond acceptors (Lipinski definition) is 3. The molecular weight excluding hydrogens is 356 g/mol. The second kappa shape index (κ2) is 12.5. The lowest BCUT2D eigenvalue weighted by Crippen LogP contribution is -2.47. The molecule has 0 unspecified atom stereocenters. The Morgan fingerprint density at radius 2 is 1.85 bits per heavy atom. The van der Waals surface area contributed by atoms with E-state index in [9.17, 15) is 4.79 Å². The van der Waals surface area contributed by atoms with E-state index in [2.05, 4.69) is 36.3 Å². The van der Waals surface area contributed by atoms with E-state index in [0.717, 1.165) is 81.7 Å². The number of thioether (sulfide) groups is 1. The summed E-state index contributed by atoms with van der Waals surface area (Å²) < 4.78 is 0. The van der Waals surface area contributed by atoms with Gasteiger partial charge in [-0.3, -0.25) is 9.79 Å². The SMILES string of the molecule is CCNC(=NCCCCC(C)C)NC1CCC(C(=O)N2CCSCC2)CC1. The van der Waals surface area contributed by atoms with Crippen molar-refractivity contribution in [3.8, 4) is 0 Å². The molecule has 5 nitrogen and oxygen atoms in total. The van der Waals surface area contributed by atoms with Gasteiger partial charge in [0, 0.05) is 49.6 Å². The van der Waals surface area contributed by atoms with Crippen LogP contribution in [0.3, 0.4) is 0 Å². The molecule has 1 aliphatic carbocycles. The lowest BCUT2D eigenvalue weighted by molar-refractivity contribution is -0.136. The van der Waals surface area contributed by atoms with E-state index in [1.165, 1.54) is 12.8 Å². The fourth-order valence-electron chi connectivity index (χ4n) is 3.90. The number of rotatable bonds is 8. The van der Waals surface area contributed by atoms with E-state index in [4.69, 9.17) is 4.99 Å². The van der Waals surface area contributed by atoms with Crippen LogP contribution in [-0.4, -0.2) is 60.5 Å². The van der Waals surface area contributed by atoms with Gasteiger partial charge in [-0.15, -0.1) is 0 Å². The first kappa shape index (κ1) is 22.4. The Balaban J connectivity index is 1.71. The molecule has 27 heavy (non-hydrogen) atoms. The van der Waals surface area contributed by atoms with Crippen LogP contribution in [0.4, 0.5) is 0 Å². The Labute approximate surface area is 170 Å². The van der Waals surface area contributed by atoms with E-state index < -0.39 is 0 Å². The van der Waals surface area contributed by atoms with Crippen molar-refractivity contribution in [3.63, 3.8) is 0 Å². The Morgan fingerprint density at radius 1 is 1.15 bits per heavy atom. The molecule has 0 radical (unpaired) electrons. The largest absolute Gasteiger partial charge is 0.357 e. The summed E-state index contributed by atoms with van der Waals surface area (Å²) in [7, 11) is 0. The second-order valence-corrected chi connectivity index (χ2v) is 9.51. The second-order valence-electron chi connectivity index (χ2n) is 8.28. The van der Waals surface area contributed by atoms with Crippen LogP contribution in [0.5, 0.6) is 0 Å². The smallest absolute Gasteiger partial charge is 0.225 e. The number of hydrogen-bond donors (Lipinski definition) is 2. The minimum absolute atomic E-state index is 0.238. The number of unbranched alkanes of at least 4 members (excludes halogenated alkanes) is 1. The molecule has 1 aliphatic heterocycles. The summed E-state index contributed by atoms with van der Waals surface area (Å²) in [4.78, 5) is 19.5. The molecule has 1 saturated carbocycles. The molecule has 6 heteroatoms. The van der Waals surface area contributed by atoms with Crippen LogP contribution in [0, 0.1) is 11.8 Å². The fourth-order valence-corrected chi connectivity index (χ4v) is 4.80. The number of guanidine groups is 1. The van der Waals surface area contributed by atoms with Gasteiger partial charge >= 0.3 is 0 Å². The molecule has 2 N–H and O–H groups in total. The molecule has 0 aromatic carbocycles. The monoisotopic (exact) mass is 396 g/mol. The molecule has 2 fully saturated rings. The van der Waals surface area contributed by atoms with E-state index in [-0.39, 0.29) is 5.92 Å². The van der Waals surface area contributed by atoms with Crippen molar-refractivity contribution in [2.24, 2.45) is 16.8 Å². The third-order valence-corrected chi connectivity index (χ3v) is 6.49. The lowest BCUT2D eigenvalue weighted by atomic mass is 9.85. The Hall–Kier alpha value is -0.910. The summed E-state index contributed by atoms with van der Waals surface area (Å²) in [6.45, 7) is 10.3. The lowest BCUT2D eigenvalue weighted by Gasteiger charge is -2.34. The number of nitrogens with zero attached hydrogens (tertiary/aromatic N) is 2. The maximum Gasteiger partial charge on any atom is 0.225 e. The maximum atomic E-state index is 12.7. The van der Waals surface area contributed by atoms with Gasteiger partial charge in [0.05, 0.1) is 0 Å². The van der Waals surface area contributed by atoms with Crippen molar-refractivity contribution >= 4 is 23.6 Å². The topological polar surface area (TPSA) is 56.7 Å². The highest BCUT2D eigenvalue weighted by Crippen LogP contribution is 2.27. The van der Waals surface area contributed by atoms with Crippen LogP contribution in [-0.2, 0) is 4.79 Å². The van der Waals surface area contributed by atoms with Crippen LogP contribution in [0.15, 0.2) is 4.99 Å². The van der Waals surface area contributed by atoms with E-state index >= 15 is 0 Å². The zero-order valence-corrected chi connectivity index (χ0v) is 18.5. The van der Waals surface area contributed by atoms with Crippen LogP contribution < -0.4 is 10.6 Å². The molecule has 0 spiro atoms. The third kappa shape index (κ3) is 8.32. The molecule has 2 rings (SSSR count). The maximum absolute atomic E-state index is 12.7. The summed E-state index contributed by atoms with van der Waals surface area (Å²) in [6, 6.07) is 0.444. The van der Waals surface area contributed by atoms with E-state index in [1.807, 2.05) is 11.8 Å². The molecule has 0 bridgehead atoms. The summed E-state index contributed by atoms with van der Waals surface area (Å²) in [6.07, 6.45) is 7.84. The fraction of sp³-hybridized carbons (Fsp3) is 0.905.